The maximum Gasteiger partial charge on any atom is 0.175 e. The van der Waals surface area contributed by atoms with E-state index in [1.54, 1.807) is 7.11 Å². The van der Waals surface area contributed by atoms with Gasteiger partial charge in [0.25, 0.3) is 0 Å². The van der Waals surface area contributed by atoms with Gasteiger partial charge in [0.2, 0.25) is 0 Å². The smallest absolute Gasteiger partial charge is 0.175 e. The Kier molecular flexibility index (Phi) is 12.8. The number of hydrogen-bond acceptors (Lipinski definition) is 4. The van der Waals surface area contributed by atoms with Gasteiger partial charge >= 0.3 is 0 Å². The second-order valence-corrected chi connectivity index (χ2v) is 7.22. The molecular formula is C20H29BrCl2N2O2. The molecule has 0 amide bonds. The topological polar surface area (TPSA) is 33.7 Å². The molecule has 0 saturated heterocycles. The largest absolute Gasteiger partial charge is 0.493 e. The zero-order chi connectivity index (χ0) is 18.2. The summed E-state index contributed by atoms with van der Waals surface area (Å²) < 4.78 is 12.4. The van der Waals surface area contributed by atoms with Crippen LogP contribution in [-0.4, -0.2) is 39.2 Å². The maximum absolute atomic E-state index is 6.00. The fraction of sp³-hybridized carbons (Fsp3) is 0.400. The average Bonchev–Trinajstić information content (AvgIpc) is 2.58. The second kappa shape index (κ2) is 13.2. The van der Waals surface area contributed by atoms with Gasteiger partial charge in [0.1, 0.15) is 6.61 Å². The monoisotopic (exact) mass is 478 g/mol. The predicted molar refractivity (Wildman–Crippen MR) is 121 cm³/mol. The minimum absolute atomic E-state index is 0. The Morgan fingerprint density at radius 3 is 2.30 bits per heavy atom. The number of aryl methyl sites for hydroxylation is 1. The molecule has 27 heavy (non-hydrogen) atoms. The molecule has 0 saturated carbocycles. The summed E-state index contributed by atoms with van der Waals surface area (Å²) in [6.45, 7) is 5.33. The Hall–Kier alpha value is -0.980. The van der Waals surface area contributed by atoms with Gasteiger partial charge in [0, 0.05) is 19.6 Å². The maximum atomic E-state index is 6.00. The van der Waals surface area contributed by atoms with Crippen molar-refractivity contribution in [3.8, 4) is 11.5 Å². The lowest BCUT2D eigenvalue weighted by molar-refractivity contribution is 0.282. The Bertz CT molecular complexity index is 682. The van der Waals surface area contributed by atoms with E-state index in [4.69, 9.17) is 9.47 Å². The van der Waals surface area contributed by atoms with Gasteiger partial charge in [-0.15, -0.1) is 24.8 Å². The minimum atomic E-state index is 0. The molecule has 0 aromatic heterocycles. The number of ether oxygens (including phenoxy) is 2. The van der Waals surface area contributed by atoms with E-state index in [-0.39, 0.29) is 24.8 Å². The quantitative estimate of drug-likeness (QED) is 0.521. The van der Waals surface area contributed by atoms with Gasteiger partial charge in [0.15, 0.2) is 11.5 Å². The van der Waals surface area contributed by atoms with Crippen molar-refractivity contribution < 1.29 is 9.47 Å². The number of hydrogen-bond donors (Lipinski definition) is 1. The molecule has 0 unspecified atom stereocenters. The summed E-state index contributed by atoms with van der Waals surface area (Å²) in [4.78, 5) is 2.16. The van der Waals surface area contributed by atoms with Crippen LogP contribution in [0.25, 0.3) is 0 Å². The molecule has 0 heterocycles. The van der Waals surface area contributed by atoms with Crippen molar-refractivity contribution in [3.63, 3.8) is 0 Å². The number of likely N-dealkylation sites (N-methyl/N-ethyl adjacent to an activating group) is 1. The summed E-state index contributed by atoms with van der Waals surface area (Å²) in [5.74, 6) is 1.48. The van der Waals surface area contributed by atoms with Crippen molar-refractivity contribution >= 4 is 40.7 Å². The van der Waals surface area contributed by atoms with Gasteiger partial charge in [-0.25, -0.2) is 0 Å². The predicted octanol–water partition coefficient (Wildman–Crippen LogP) is 4.84. The molecule has 4 nitrogen and oxygen atoms in total. The molecule has 0 fully saturated rings. The fourth-order valence-electron chi connectivity index (χ4n) is 2.39. The van der Waals surface area contributed by atoms with Crippen LogP contribution in [0.2, 0.25) is 0 Å². The van der Waals surface area contributed by atoms with Crippen LogP contribution >= 0.6 is 40.7 Å². The Balaban J connectivity index is 0.00000338. The van der Waals surface area contributed by atoms with Crippen molar-refractivity contribution in [2.24, 2.45) is 0 Å². The first-order valence-corrected chi connectivity index (χ1v) is 9.19. The first-order valence-electron chi connectivity index (χ1n) is 8.40. The molecule has 0 bridgehead atoms. The van der Waals surface area contributed by atoms with Gasteiger partial charge in [-0.05, 0) is 60.2 Å². The van der Waals surface area contributed by atoms with Gasteiger partial charge in [0.05, 0.1) is 11.6 Å². The number of methoxy groups -OCH3 is 1. The molecule has 0 aliphatic rings. The second-order valence-electron chi connectivity index (χ2n) is 6.36. The van der Waals surface area contributed by atoms with Crippen LogP contribution < -0.4 is 14.8 Å². The van der Waals surface area contributed by atoms with Crippen LogP contribution in [0, 0.1) is 6.92 Å². The normalized spacial score (nSPS) is 10.1. The number of benzene rings is 2. The third-order valence-electron chi connectivity index (χ3n) is 3.86. The highest BCUT2D eigenvalue weighted by molar-refractivity contribution is 9.10. The number of nitrogens with one attached hydrogen (secondary N) is 1. The van der Waals surface area contributed by atoms with Crippen molar-refractivity contribution in [1.29, 1.82) is 0 Å². The van der Waals surface area contributed by atoms with E-state index < -0.39 is 0 Å². The third-order valence-corrected chi connectivity index (χ3v) is 4.45. The van der Waals surface area contributed by atoms with Gasteiger partial charge in [-0.1, -0.05) is 29.8 Å². The zero-order valence-electron chi connectivity index (χ0n) is 16.3. The number of nitrogens with zero attached hydrogens (tertiary/aromatic N) is 1. The SMILES string of the molecule is COc1cc(CNCCN(C)C)cc(Br)c1OCc1ccc(C)cc1.Cl.Cl. The summed E-state index contributed by atoms with van der Waals surface area (Å²) in [5.41, 5.74) is 3.53. The van der Waals surface area contributed by atoms with Crippen LogP contribution in [0.15, 0.2) is 40.9 Å². The van der Waals surface area contributed by atoms with Crippen LogP contribution in [0.5, 0.6) is 11.5 Å². The molecule has 1 N–H and O–H groups in total. The molecular weight excluding hydrogens is 451 g/mol. The Morgan fingerprint density at radius 2 is 1.70 bits per heavy atom. The van der Waals surface area contributed by atoms with E-state index in [1.165, 1.54) is 5.56 Å². The summed E-state index contributed by atoms with van der Waals surface area (Å²) in [6.07, 6.45) is 0. The van der Waals surface area contributed by atoms with Gasteiger partial charge < -0.3 is 19.7 Å². The molecule has 7 heteroatoms. The summed E-state index contributed by atoms with van der Waals surface area (Å²) in [7, 11) is 5.81. The first-order chi connectivity index (χ1) is 12.0. The van der Waals surface area contributed by atoms with Crippen molar-refractivity contribution in [2.75, 3.05) is 34.3 Å². The lowest BCUT2D eigenvalue weighted by Gasteiger charge is -2.15. The molecule has 0 aliphatic heterocycles. The molecule has 0 aliphatic carbocycles. The molecule has 0 spiro atoms. The third kappa shape index (κ3) is 8.71. The summed E-state index contributed by atoms with van der Waals surface area (Å²) in [6, 6.07) is 12.5. The molecule has 2 aromatic carbocycles. The van der Waals surface area contributed by atoms with E-state index in [0.717, 1.165) is 46.7 Å². The van der Waals surface area contributed by atoms with Crippen LogP contribution in [-0.2, 0) is 13.2 Å². The molecule has 0 atom stereocenters. The Labute approximate surface area is 183 Å². The Morgan fingerprint density at radius 1 is 1.04 bits per heavy atom. The molecule has 2 aromatic rings. The van der Waals surface area contributed by atoms with Crippen LogP contribution in [0.3, 0.4) is 0 Å². The van der Waals surface area contributed by atoms with E-state index in [9.17, 15) is 0 Å². The number of halogens is 3. The van der Waals surface area contributed by atoms with E-state index in [2.05, 4.69) is 77.5 Å². The van der Waals surface area contributed by atoms with Crippen molar-refractivity contribution in [3.05, 3.63) is 57.6 Å². The van der Waals surface area contributed by atoms with Crippen molar-refractivity contribution in [2.45, 2.75) is 20.1 Å². The average molecular weight is 480 g/mol. The van der Waals surface area contributed by atoms with Crippen LogP contribution in [0.1, 0.15) is 16.7 Å². The van der Waals surface area contributed by atoms with Gasteiger partial charge in [-0.3, -0.25) is 0 Å². The molecule has 0 radical (unpaired) electrons. The standard InChI is InChI=1S/C20H27BrN2O2.2ClH/c1-15-5-7-16(8-6-15)14-25-20-18(21)11-17(12-19(20)24-4)13-22-9-10-23(2)3;;/h5-8,11-12,22H,9-10,13-14H2,1-4H3;2*1H. The number of rotatable bonds is 9. The highest BCUT2D eigenvalue weighted by Crippen LogP contribution is 2.37. The summed E-state index contributed by atoms with van der Waals surface area (Å²) in [5, 5.41) is 3.44. The first kappa shape index (κ1) is 26.0. The van der Waals surface area contributed by atoms with E-state index in [1.807, 2.05) is 6.07 Å². The van der Waals surface area contributed by atoms with E-state index >= 15 is 0 Å². The lowest BCUT2D eigenvalue weighted by Crippen LogP contribution is -2.26. The van der Waals surface area contributed by atoms with E-state index in [0.29, 0.717) is 6.61 Å². The highest BCUT2D eigenvalue weighted by atomic mass is 79.9. The zero-order valence-corrected chi connectivity index (χ0v) is 19.5. The fourth-order valence-corrected chi connectivity index (χ4v) is 2.99. The van der Waals surface area contributed by atoms with Crippen molar-refractivity contribution in [1.82, 2.24) is 10.2 Å². The lowest BCUT2D eigenvalue weighted by atomic mass is 10.1. The highest BCUT2D eigenvalue weighted by Gasteiger charge is 2.12. The molecule has 152 valence electrons. The summed E-state index contributed by atoms with van der Waals surface area (Å²) >= 11 is 3.62. The van der Waals surface area contributed by atoms with Gasteiger partial charge in [-0.2, -0.15) is 0 Å². The minimum Gasteiger partial charge on any atom is -0.493 e. The van der Waals surface area contributed by atoms with Crippen LogP contribution in [0.4, 0.5) is 0 Å². The molecule has 2 rings (SSSR count).